The van der Waals surface area contributed by atoms with E-state index in [1.807, 2.05) is 0 Å². The Bertz CT molecular complexity index is 385. The molecule has 21 heavy (non-hydrogen) atoms. The van der Waals surface area contributed by atoms with Crippen LogP contribution >= 0.6 is 11.8 Å². The predicted molar refractivity (Wildman–Crippen MR) is 78.3 cm³/mol. The lowest BCUT2D eigenvalue weighted by atomic mass is 9.93. The average molecular weight is 319 g/mol. The highest BCUT2D eigenvalue weighted by molar-refractivity contribution is 8.13. The molecule has 0 heterocycles. The van der Waals surface area contributed by atoms with Gasteiger partial charge in [0.2, 0.25) is 5.91 Å². The van der Waals surface area contributed by atoms with Gasteiger partial charge in [-0.25, -0.2) is 0 Å². The van der Waals surface area contributed by atoms with Crippen LogP contribution in [0.4, 0.5) is 0 Å². The van der Waals surface area contributed by atoms with Crippen molar-refractivity contribution in [3.05, 3.63) is 10.1 Å². The maximum Gasteiger partial charge on any atom is 0.294 e. The van der Waals surface area contributed by atoms with Crippen LogP contribution in [0.25, 0.3) is 0 Å². The Morgan fingerprint density at radius 1 is 1.38 bits per heavy atom. The summed E-state index contributed by atoms with van der Waals surface area (Å²) in [4.78, 5) is 37.8. The number of rotatable bonds is 7. The van der Waals surface area contributed by atoms with Gasteiger partial charge >= 0.3 is 0 Å². The zero-order valence-corrected chi connectivity index (χ0v) is 13.0. The first-order valence-corrected chi connectivity index (χ1v) is 7.83. The molecule has 120 valence electrons. The summed E-state index contributed by atoms with van der Waals surface area (Å²) in [6, 6.07) is -0.422. The van der Waals surface area contributed by atoms with Gasteiger partial charge in [-0.3, -0.25) is 9.59 Å². The van der Waals surface area contributed by atoms with Gasteiger partial charge in [-0.1, -0.05) is 11.8 Å². The van der Waals surface area contributed by atoms with E-state index in [4.69, 9.17) is 0 Å². The molecule has 1 aliphatic rings. The zero-order valence-electron chi connectivity index (χ0n) is 12.2. The molecule has 0 aromatic carbocycles. The second kappa shape index (κ2) is 8.83. The number of thioether (sulfide) groups is 1. The standard InChI is InChI=1S/C12H21N3O5S/c1-8(16)21-7-11(13-2)12(17)14-9-3-5-10(6-4-9)20-15(18)19/h9-11,13H,3-7H2,1-2H3,(H,14,17). The van der Waals surface area contributed by atoms with Gasteiger partial charge in [0.25, 0.3) is 5.09 Å². The molecule has 9 heteroatoms. The normalized spacial score (nSPS) is 23.1. The van der Waals surface area contributed by atoms with Crippen LogP contribution in [0, 0.1) is 10.1 Å². The Balaban J connectivity index is 2.34. The van der Waals surface area contributed by atoms with Gasteiger partial charge in [0, 0.05) is 18.7 Å². The monoisotopic (exact) mass is 319 g/mol. The van der Waals surface area contributed by atoms with Crippen molar-refractivity contribution in [2.75, 3.05) is 12.8 Å². The molecule has 1 saturated carbocycles. The van der Waals surface area contributed by atoms with Gasteiger partial charge in [0.15, 0.2) is 5.12 Å². The van der Waals surface area contributed by atoms with E-state index in [2.05, 4.69) is 15.5 Å². The van der Waals surface area contributed by atoms with Crippen molar-refractivity contribution in [1.29, 1.82) is 0 Å². The number of nitrogens with one attached hydrogen (secondary N) is 2. The minimum Gasteiger partial charge on any atom is -0.352 e. The van der Waals surface area contributed by atoms with Crippen molar-refractivity contribution in [2.45, 2.75) is 50.8 Å². The average Bonchev–Trinajstić information content (AvgIpc) is 2.40. The van der Waals surface area contributed by atoms with E-state index in [1.165, 1.54) is 6.92 Å². The number of hydrogen-bond acceptors (Lipinski definition) is 7. The maximum atomic E-state index is 12.1. The van der Waals surface area contributed by atoms with Gasteiger partial charge in [0.05, 0.1) is 6.04 Å². The molecular formula is C12H21N3O5S. The first-order chi connectivity index (χ1) is 9.92. The van der Waals surface area contributed by atoms with E-state index in [0.29, 0.717) is 31.4 Å². The van der Waals surface area contributed by atoms with E-state index in [1.54, 1.807) is 7.05 Å². The molecule has 1 aliphatic carbocycles. The van der Waals surface area contributed by atoms with Crippen LogP contribution in [-0.2, 0) is 14.4 Å². The molecule has 0 spiro atoms. The fourth-order valence-corrected chi connectivity index (χ4v) is 2.95. The molecule has 1 rings (SSSR count). The highest BCUT2D eigenvalue weighted by Crippen LogP contribution is 2.21. The molecule has 0 aliphatic heterocycles. The molecular weight excluding hydrogens is 298 g/mol. The van der Waals surface area contributed by atoms with E-state index in [0.717, 1.165) is 11.8 Å². The Morgan fingerprint density at radius 3 is 2.48 bits per heavy atom. The van der Waals surface area contributed by atoms with Crippen molar-refractivity contribution in [3.8, 4) is 0 Å². The van der Waals surface area contributed by atoms with Crippen molar-refractivity contribution >= 4 is 22.8 Å². The smallest absolute Gasteiger partial charge is 0.294 e. The molecule has 0 bridgehead atoms. The molecule has 1 unspecified atom stereocenters. The number of carbonyl (C=O) groups excluding carboxylic acids is 2. The molecule has 0 aromatic rings. The third-order valence-corrected chi connectivity index (χ3v) is 4.28. The zero-order chi connectivity index (χ0) is 15.8. The van der Waals surface area contributed by atoms with E-state index in [9.17, 15) is 19.7 Å². The quantitative estimate of drug-likeness (QED) is 0.519. The van der Waals surface area contributed by atoms with Crippen molar-refractivity contribution in [3.63, 3.8) is 0 Å². The molecule has 0 radical (unpaired) electrons. The molecule has 1 atom stereocenters. The Hall–Kier alpha value is -1.35. The minimum absolute atomic E-state index is 0.00211. The number of likely N-dealkylation sites (N-methyl/N-ethyl adjacent to an activating group) is 1. The van der Waals surface area contributed by atoms with Crippen LogP contribution in [0.5, 0.6) is 0 Å². The lowest BCUT2D eigenvalue weighted by Crippen LogP contribution is -2.49. The molecule has 0 saturated heterocycles. The second-order valence-electron chi connectivity index (χ2n) is 4.96. The van der Waals surface area contributed by atoms with Gasteiger partial charge in [0.1, 0.15) is 6.10 Å². The van der Waals surface area contributed by atoms with Crippen molar-refractivity contribution in [2.24, 2.45) is 0 Å². The van der Waals surface area contributed by atoms with Gasteiger partial charge in [-0.15, -0.1) is 10.1 Å². The SMILES string of the molecule is CNC(CSC(C)=O)C(=O)NC1CCC(O[N+](=O)[O-])CC1. The molecule has 0 aromatic heterocycles. The minimum atomic E-state index is -0.764. The summed E-state index contributed by atoms with van der Waals surface area (Å²) in [7, 11) is 1.67. The van der Waals surface area contributed by atoms with E-state index < -0.39 is 11.1 Å². The lowest BCUT2D eigenvalue weighted by Gasteiger charge is -2.29. The van der Waals surface area contributed by atoms with Crippen LogP contribution in [0.3, 0.4) is 0 Å². The number of hydrogen-bond donors (Lipinski definition) is 2. The number of amides is 1. The molecule has 8 nitrogen and oxygen atoms in total. The fraction of sp³-hybridized carbons (Fsp3) is 0.833. The highest BCUT2D eigenvalue weighted by Gasteiger charge is 2.26. The van der Waals surface area contributed by atoms with Crippen LogP contribution < -0.4 is 10.6 Å². The summed E-state index contributed by atoms with van der Waals surface area (Å²) in [5, 5.41) is 15.3. The summed E-state index contributed by atoms with van der Waals surface area (Å²) in [5.74, 6) is 0.238. The van der Waals surface area contributed by atoms with Gasteiger partial charge in [-0.2, -0.15) is 0 Å². The van der Waals surface area contributed by atoms with Crippen LogP contribution in [0.15, 0.2) is 0 Å². The summed E-state index contributed by atoms with van der Waals surface area (Å²) in [5.41, 5.74) is 0. The third-order valence-electron chi connectivity index (χ3n) is 3.37. The first-order valence-electron chi connectivity index (χ1n) is 6.84. The third kappa shape index (κ3) is 6.76. The lowest BCUT2D eigenvalue weighted by molar-refractivity contribution is -0.769. The maximum absolute atomic E-state index is 12.1. The topological polar surface area (TPSA) is 111 Å². The Kier molecular flexibility index (Phi) is 7.44. The van der Waals surface area contributed by atoms with Crippen LogP contribution in [0.1, 0.15) is 32.6 Å². The summed E-state index contributed by atoms with van der Waals surface area (Å²) in [6.45, 7) is 1.46. The molecule has 1 amide bonds. The highest BCUT2D eigenvalue weighted by atomic mass is 32.2. The Labute approximate surface area is 127 Å². The Morgan fingerprint density at radius 2 is 2.00 bits per heavy atom. The van der Waals surface area contributed by atoms with Crippen molar-refractivity contribution in [1.82, 2.24) is 10.6 Å². The summed E-state index contributed by atoms with van der Waals surface area (Å²) < 4.78 is 0. The van der Waals surface area contributed by atoms with Crippen LogP contribution in [0.2, 0.25) is 0 Å². The summed E-state index contributed by atoms with van der Waals surface area (Å²) >= 11 is 1.10. The largest absolute Gasteiger partial charge is 0.352 e. The van der Waals surface area contributed by atoms with Crippen LogP contribution in [-0.4, -0.2) is 47.1 Å². The van der Waals surface area contributed by atoms with E-state index in [-0.39, 0.29) is 23.2 Å². The van der Waals surface area contributed by atoms with Crippen molar-refractivity contribution < 1.29 is 19.5 Å². The first kappa shape index (κ1) is 17.7. The molecule has 2 N–H and O–H groups in total. The second-order valence-corrected chi connectivity index (χ2v) is 6.15. The number of nitrogens with zero attached hydrogens (tertiary/aromatic N) is 1. The number of carbonyl (C=O) groups is 2. The van der Waals surface area contributed by atoms with Gasteiger partial charge < -0.3 is 15.5 Å². The molecule has 1 fully saturated rings. The fourth-order valence-electron chi connectivity index (χ4n) is 2.23. The predicted octanol–water partition coefficient (Wildman–Crippen LogP) is 0.490. The van der Waals surface area contributed by atoms with E-state index >= 15 is 0 Å². The summed E-state index contributed by atoms with van der Waals surface area (Å²) in [6.07, 6.45) is 2.04. The van der Waals surface area contributed by atoms with Gasteiger partial charge in [-0.05, 0) is 32.7 Å².